The lowest BCUT2D eigenvalue weighted by Crippen LogP contribution is -2.39. The molecule has 0 aliphatic heterocycles. The molecule has 0 aromatic heterocycles. The van der Waals surface area contributed by atoms with Gasteiger partial charge in [-0.2, -0.15) is 0 Å². The Labute approximate surface area is 128 Å². The molecule has 0 heterocycles. The summed E-state index contributed by atoms with van der Waals surface area (Å²) in [7, 11) is 0. The quantitative estimate of drug-likeness (QED) is 0.723. The monoisotopic (exact) mass is 292 g/mol. The van der Waals surface area contributed by atoms with Gasteiger partial charge in [0.05, 0.1) is 5.60 Å². The number of hydrogen-bond acceptors (Lipinski definition) is 3. The number of carbonyl (C=O) groups is 1. The number of nitrogens with one attached hydrogen (secondary N) is 2. The molecule has 1 aromatic rings. The van der Waals surface area contributed by atoms with Crippen molar-refractivity contribution >= 4 is 11.6 Å². The van der Waals surface area contributed by atoms with Crippen LogP contribution in [0.2, 0.25) is 0 Å². The first kappa shape index (κ1) is 17.7. The third-order valence-corrected chi connectivity index (χ3v) is 3.34. The molecule has 0 bridgehead atoms. The highest BCUT2D eigenvalue weighted by atomic mass is 16.3. The second-order valence-corrected chi connectivity index (χ2v) is 6.50. The van der Waals surface area contributed by atoms with Gasteiger partial charge in [0.25, 0.3) is 0 Å². The Kier molecular flexibility index (Phi) is 6.37. The predicted octanol–water partition coefficient (Wildman–Crippen LogP) is 3.09. The number of benzene rings is 1. The normalized spacial score (nSPS) is 15.6. The van der Waals surface area contributed by atoms with Crippen molar-refractivity contribution < 1.29 is 9.90 Å². The molecule has 0 aliphatic carbocycles. The average Bonchev–Trinajstić information content (AvgIpc) is 2.34. The van der Waals surface area contributed by atoms with Gasteiger partial charge in [-0.1, -0.05) is 26.0 Å². The molecule has 1 aromatic carbocycles. The summed E-state index contributed by atoms with van der Waals surface area (Å²) >= 11 is 0. The molecule has 0 saturated heterocycles. The van der Waals surface area contributed by atoms with Crippen LogP contribution in [0.4, 0.5) is 5.69 Å². The Bertz CT molecular complexity index is 470. The molecule has 2 atom stereocenters. The van der Waals surface area contributed by atoms with E-state index in [2.05, 4.69) is 31.4 Å². The Morgan fingerprint density at radius 3 is 2.57 bits per heavy atom. The van der Waals surface area contributed by atoms with Gasteiger partial charge in [-0.05, 0) is 43.9 Å². The van der Waals surface area contributed by atoms with Crippen LogP contribution in [0.3, 0.4) is 0 Å². The van der Waals surface area contributed by atoms with E-state index in [1.807, 2.05) is 31.2 Å². The van der Waals surface area contributed by atoms with Crippen molar-refractivity contribution in [3.05, 3.63) is 29.8 Å². The van der Waals surface area contributed by atoms with Crippen LogP contribution >= 0.6 is 0 Å². The van der Waals surface area contributed by atoms with Gasteiger partial charge in [0.2, 0.25) is 5.91 Å². The number of amides is 1. The Balaban J connectivity index is 2.63. The van der Waals surface area contributed by atoms with Gasteiger partial charge < -0.3 is 15.7 Å². The zero-order chi connectivity index (χ0) is 16.0. The van der Waals surface area contributed by atoms with Crippen LogP contribution in [0.5, 0.6) is 0 Å². The molecule has 21 heavy (non-hydrogen) atoms. The van der Waals surface area contributed by atoms with E-state index in [4.69, 9.17) is 0 Å². The number of aliphatic hydroxyl groups is 1. The molecule has 118 valence electrons. The van der Waals surface area contributed by atoms with Crippen molar-refractivity contribution in [3.63, 3.8) is 0 Å². The fourth-order valence-electron chi connectivity index (χ4n) is 2.53. The predicted molar refractivity (Wildman–Crippen MR) is 87.2 cm³/mol. The summed E-state index contributed by atoms with van der Waals surface area (Å²) in [5, 5.41) is 16.5. The van der Waals surface area contributed by atoms with Crippen LogP contribution in [-0.2, 0) is 4.79 Å². The van der Waals surface area contributed by atoms with Gasteiger partial charge in [0.1, 0.15) is 0 Å². The average molecular weight is 292 g/mol. The van der Waals surface area contributed by atoms with Crippen molar-refractivity contribution in [1.29, 1.82) is 0 Å². The Hall–Kier alpha value is -1.39. The molecule has 4 heteroatoms. The molecular formula is C17H28N2O2. The molecular weight excluding hydrogens is 264 g/mol. The van der Waals surface area contributed by atoms with Gasteiger partial charge in [-0.3, -0.25) is 4.79 Å². The summed E-state index contributed by atoms with van der Waals surface area (Å²) in [5.41, 5.74) is 1.17. The minimum atomic E-state index is -0.711. The highest BCUT2D eigenvalue weighted by Crippen LogP contribution is 2.20. The lowest BCUT2D eigenvalue weighted by atomic mass is 9.94. The van der Waals surface area contributed by atoms with E-state index in [1.165, 1.54) is 6.92 Å². The molecule has 2 unspecified atom stereocenters. The maximum absolute atomic E-state index is 11.1. The van der Waals surface area contributed by atoms with Crippen LogP contribution in [0.25, 0.3) is 0 Å². The van der Waals surface area contributed by atoms with E-state index >= 15 is 0 Å². The third-order valence-electron chi connectivity index (χ3n) is 3.34. The number of anilines is 1. The molecule has 0 aliphatic rings. The second kappa shape index (κ2) is 7.57. The Morgan fingerprint density at radius 2 is 2.00 bits per heavy atom. The minimum Gasteiger partial charge on any atom is -0.389 e. The van der Waals surface area contributed by atoms with Crippen LogP contribution < -0.4 is 10.6 Å². The van der Waals surface area contributed by atoms with Gasteiger partial charge in [0, 0.05) is 25.2 Å². The first-order valence-corrected chi connectivity index (χ1v) is 7.53. The highest BCUT2D eigenvalue weighted by molar-refractivity contribution is 5.88. The lowest BCUT2D eigenvalue weighted by Gasteiger charge is -2.28. The van der Waals surface area contributed by atoms with Crippen molar-refractivity contribution in [1.82, 2.24) is 5.32 Å². The van der Waals surface area contributed by atoms with E-state index in [-0.39, 0.29) is 11.9 Å². The number of hydrogen-bond donors (Lipinski definition) is 3. The zero-order valence-corrected chi connectivity index (χ0v) is 13.7. The zero-order valence-electron chi connectivity index (χ0n) is 13.7. The van der Waals surface area contributed by atoms with Crippen LogP contribution in [0.15, 0.2) is 24.3 Å². The van der Waals surface area contributed by atoms with Crippen molar-refractivity contribution in [2.24, 2.45) is 5.92 Å². The largest absolute Gasteiger partial charge is 0.389 e. The number of rotatable bonds is 7. The SMILES string of the molecule is CC(=O)Nc1cccc(C(C)NCC(C)(O)CC(C)C)c1. The fraction of sp³-hybridized carbons (Fsp3) is 0.588. The van der Waals surface area contributed by atoms with Crippen molar-refractivity contribution in [2.45, 2.75) is 52.7 Å². The van der Waals surface area contributed by atoms with Crippen LogP contribution in [0.1, 0.15) is 52.6 Å². The fourth-order valence-corrected chi connectivity index (χ4v) is 2.53. The molecule has 4 nitrogen and oxygen atoms in total. The third kappa shape index (κ3) is 6.74. The molecule has 0 saturated carbocycles. The van der Waals surface area contributed by atoms with Crippen LogP contribution in [-0.4, -0.2) is 23.2 Å². The maximum atomic E-state index is 11.1. The molecule has 0 spiro atoms. The summed E-state index contributed by atoms with van der Waals surface area (Å²) in [4.78, 5) is 11.1. The summed E-state index contributed by atoms with van der Waals surface area (Å²) in [6.07, 6.45) is 0.763. The van der Waals surface area contributed by atoms with Gasteiger partial charge >= 0.3 is 0 Å². The van der Waals surface area contributed by atoms with E-state index in [9.17, 15) is 9.90 Å². The number of carbonyl (C=O) groups excluding carboxylic acids is 1. The highest BCUT2D eigenvalue weighted by Gasteiger charge is 2.22. The first-order valence-electron chi connectivity index (χ1n) is 7.53. The summed E-state index contributed by atoms with van der Waals surface area (Å²) in [6, 6.07) is 7.87. The second-order valence-electron chi connectivity index (χ2n) is 6.50. The summed E-state index contributed by atoms with van der Waals surface area (Å²) in [5.74, 6) is 0.382. The first-order chi connectivity index (χ1) is 9.69. The molecule has 1 rings (SSSR count). The van der Waals surface area contributed by atoms with Gasteiger partial charge in [0.15, 0.2) is 0 Å². The van der Waals surface area contributed by atoms with Gasteiger partial charge in [-0.15, -0.1) is 0 Å². The topological polar surface area (TPSA) is 61.4 Å². The molecule has 1 amide bonds. The lowest BCUT2D eigenvalue weighted by molar-refractivity contribution is -0.114. The standard InChI is InChI=1S/C17H28N2O2/c1-12(2)10-17(5,21)11-18-13(3)15-7-6-8-16(9-15)19-14(4)20/h6-9,12-13,18,21H,10-11H2,1-5H3,(H,19,20). The molecule has 0 fully saturated rings. The maximum Gasteiger partial charge on any atom is 0.221 e. The van der Waals surface area contributed by atoms with Crippen LogP contribution in [0, 0.1) is 5.92 Å². The van der Waals surface area contributed by atoms with Gasteiger partial charge in [-0.25, -0.2) is 0 Å². The van der Waals surface area contributed by atoms with E-state index in [0.717, 1.165) is 17.7 Å². The molecule has 0 radical (unpaired) electrons. The van der Waals surface area contributed by atoms with Crippen molar-refractivity contribution in [2.75, 3.05) is 11.9 Å². The van der Waals surface area contributed by atoms with Crippen molar-refractivity contribution in [3.8, 4) is 0 Å². The smallest absolute Gasteiger partial charge is 0.221 e. The Morgan fingerprint density at radius 1 is 1.33 bits per heavy atom. The molecule has 3 N–H and O–H groups in total. The minimum absolute atomic E-state index is 0.0763. The van der Waals surface area contributed by atoms with E-state index < -0.39 is 5.60 Å². The van der Waals surface area contributed by atoms with E-state index in [0.29, 0.717) is 12.5 Å². The summed E-state index contributed by atoms with van der Waals surface area (Å²) < 4.78 is 0. The van der Waals surface area contributed by atoms with E-state index in [1.54, 1.807) is 0 Å². The summed E-state index contributed by atoms with van der Waals surface area (Å²) in [6.45, 7) is 10.2.